The standard InChI is InChI=1S/C18H17FN2O5S/c1-12(27-15-8-6-14(7-9-15)21(24)25)18(23)26-11-17(22)20-10-13-4-2-3-5-16(13)19/h2-9,12H,10-11H2,1H3,(H,20,22)/t12-/m1/s1. The SMILES string of the molecule is C[C@@H](Sc1ccc([N+](=O)[O-])cc1)C(=O)OCC(=O)NCc1ccccc1F. The van der Waals surface area contributed by atoms with Gasteiger partial charge in [0.25, 0.3) is 11.6 Å². The van der Waals surface area contributed by atoms with Gasteiger partial charge in [0.2, 0.25) is 0 Å². The van der Waals surface area contributed by atoms with Gasteiger partial charge >= 0.3 is 5.97 Å². The number of amides is 1. The third kappa shape index (κ3) is 6.37. The van der Waals surface area contributed by atoms with Gasteiger partial charge in [-0.25, -0.2) is 4.39 Å². The summed E-state index contributed by atoms with van der Waals surface area (Å²) in [4.78, 5) is 34.5. The summed E-state index contributed by atoms with van der Waals surface area (Å²) in [5.74, 6) is -1.57. The molecule has 142 valence electrons. The van der Waals surface area contributed by atoms with Crippen LogP contribution in [0.1, 0.15) is 12.5 Å². The van der Waals surface area contributed by atoms with E-state index in [1.807, 2.05) is 0 Å². The van der Waals surface area contributed by atoms with Crippen molar-refractivity contribution >= 4 is 29.3 Å². The number of non-ortho nitro benzene ring substituents is 1. The van der Waals surface area contributed by atoms with Crippen molar-refractivity contribution < 1.29 is 23.6 Å². The van der Waals surface area contributed by atoms with Gasteiger partial charge in [-0.05, 0) is 25.1 Å². The first kappa shape index (κ1) is 20.4. The van der Waals surface area contributed by atoms with Gasteiger partial charge < -0.3 is 10.1 Å². The summed E-state index contributed by atoms with van der Waals surface area (Å²) in [6, 6.07) is 11.8. The van der Waals surface area contributed by atoms with E-state index in [9.17, 15) is 24.1 Å². The van der Waals surface area contributed by atoms with Crippen LogP contribution in [0.4, 0.5) is 10.1 Å². The molecule has 27 heavy (non-hydrogen) atoms. The number of carbonyl (C=O) groups is 2. The zero-order chi connectivity index (χ0) is 19.8. The van der Waals surface area contributed by atoms with Crippen LogP contribution in [0, 0.1) is 15.9 Å². The molecule has 7 nitrogen and oxygen atoms in total. The predicted molar refractivity (Wildman–Crippen MR) is 97.6 cm³/mol. The lowest BCUT2D eigenvalue weighted by molar-refractivity contribution is -0.384. The van der Waals surface area contributed by atoms with Crippen molar-refractivity contribution in [2.75, 3.05) is 6.61 Å². The van der Waals surface area contributed by atoms with Gasteiger partial charge in [0.1, 0.15) is 11.1 Å². The summed E-state index contributed by atoms with van der Waals surface area (Å²) < 4.78 is 18.4. The summed E-state index contributed by atoms with van der Waals surface area (Å²) in [6.07, 6.45) is 0. The van der Waals surface area contributed by atoms with Gasteiger partial charge in [0.05, 0.1) is 4.92 Å². The Hall–Kier alpha value is -2.94. The molecule has 0 fully saturated rings. The van der Waals surface area contributed by atoms with E-state index in [0.29, 0.717) is 10.5 Å². The highest BCUT2D eigenvalue weighted by Gasteiger charge is 2.18. The molecule has 0 unspecified atom stereocenters. The topological polar surface area (TPSA) is 98.5 Å². The molecule has 2 aromatic carbocycles. The molecule has 1 N–H and O–H groups in total. The van der Waals surface area contributed by atoms with Crippen molar-refractivity contribution in [2.45, 2.75) is 23.6 Å². The van der Waals surface area contributed by atoms with Gasteiger partial charge in [-0.15, -0.1) is 11.8 Å². The fraction of sp³-hybridized carbons (Fsp3) is 0.222. The highest BCUT2D eigenvalue weighted by Crippen LogP contribution is 2.25. The van der Waals surface area contributed by atoms with Gasteiger partial charge in [0.15, 0.2) is 6.61 Å². The summed E-state index contributed by atoms with van der Waals surface area (Å²) in [7, 11) is 0. The maximum absolute atomic E-state index is 13.5. The van der Waals surface area contributed by atoms with E-state index in [0.717, 1.165) is 11.8 Å². The van der Waals surface area contributed by atoms with Crippen molar-refractivity contribution in [1.29, 1.82) is 0 Å². The minimum absolute atomic E-state index is 0.00381. The van der Waals surface area contributed by atoms with Crippen LogP contribution < -0.4 is 5.32 Å². The molecule has 0 heterocycles. The molecule has 0 aromatic heterocycles. The molecule has 0 radical (unpaired) electrons. The molecule has 9 heteroatoms. The number of hydrogen-bond donors (Lipinski definition) is 1. The van der Waals surface area contributed by atoms with E-state index in [2.05, 4.69) is 5.32 Å². The first-order chi connectivity index (χ1) is 12.9. The number of rotatable bonds is 8. The number of hydrogen-bond acceptors (Lipinski definition) is 6. The molecule has 2 rings (SSSR count). The first-order valence-electron chi connectivity index (χ1n) is 7.94. The van der Waals surface area contributed by atoms with Crippen molar-refractivity contribution in [3.05, 3.63) is 70.0 Å². The molecular formula is C18H17FN2O5S. The average Bonchev–Trinajstić information content (AvgIpc) is 2.65. The zero-order valence-corrected chi connectivity index (χ0v) is 15.2. The summed E-state index contributed by atoms with van der Waals surface area (Å²) in [5.41, 5.74) is 0.292. The molecule has 0 saturated carbocycles. The summed E-state index contributed by atoms with van der Waals surface area (Å²) in [6.45, 7) is 1.13. The minimum atomic E-state index is -0.606. The molecule has 0 bridgehead atoms. The van der Waals surface area contributed by atoms with E-state index >= 15 is 0 Å². The van der Waals surface area contributed by atoms with E-state index in [4.69, 9.17) is 4.74 Å². The molecule has 1 amide bonds. The normalized spacial score (nSPS) is 11.5. The fourth-order valence-electron chi connectivity index (χ4n) is 2.04. The molecule has 0 aliphatic heterocycles. The number of esters is 1. The number of nitro benzene ring substituents is 1. The highest BCUT2D eigenvalue weighted by molar-refractivity contribution is 8.00. The molecule has 2 aromatic rings. The lowest BCUT2D eigenvalue weighted by atomic mass is 10.2. The predicted octanol–water partition coefficient (Wildman–Crippen LogP) is 3.07. The second kappa shape index (κ2) is 9.67. The van der Waals surface area contributed by atoms with Gasteiger partial charge in [-0.3, -0.25) is 19.7 Å². The monoisotopic (exact) mass is 392 g/mol. The number of nitro groups is 1. The molecule has 0 aliphatic rings. The van der Waals surface area contributed by atoms with Crippen LogP contribution in [0.15, 0.2) is 53.4 Å². The zero-order valence-electron chi connectivity index (χ0n) is 14.4. The second-order valence-electron chi connectivity index (χ2n) is 5.49. The van der Waals surface area contributed by atoms with Crippen LogP contribution in [0.5, 0.6) is 0 Å². The number of thioether (sulfide) groups is 1. The first-order valence-corrected chi connectivity index (χ1v) is 8.82. The average molecular weight is 392 g/mol. The van der Waals surface area contributed by atoms with Gasteiger partial charge in [-0.1, -0.05) is 18.2 Å². The van der Waals surface area contributed by atoms with Crippen molar-refractivity contribution in [3.8, 4) is 0 Å². The number of nitrogens with one attached hydrogen (secondary N) is 1. The summed E-state index contributed by atoms with van der Waals surface area (Å²) in [5, 5.41) is 12.5. The molecule has 1 atom stereocenters. The molecular weight excluding hydrogens is 375 g/mol. The number of ether oxygens (including phenoxy) is 1. The number of carbonyl (C=O) groups excluding carboxylic acids is 2. The Morgan fingerprint density at radius 2 is 1.89 bits per heavy atom. The number of nitrogens with zero attached hydrogens (tertiary/aromatic N) is 1. The Morgan fingerprint density at radius 3 is 2.52 bits per heavy atom. The lowest BCUT2D eigenvalue weighted by Crippen LogP contribution is -2.30. The van der Waals surface area contributed by atoms with Crippen LogP contribution in [0.3, 0.4) is 0 Å². The fourth-order valence-corrected chi connectivity index (χ4v) is 2.91. The number of benzene rings is 2. The van der Waals surface area contributed by atoms with Gasteiger partial charge in [-0.2, -0.15) is 0 Å². The Morgan fingerprint density at radius 1 is 1.22 bits per heavy atom. The molecule has 0 spiro atoms. The number of halogens is 1. The Labute approximate surface area is 159 Å². The Kier molecular flexibility index (Phi) is 7.30. The Bertz CT molecular complexity index is 829. The second-order valence-corrected chi connectivity index (χ2v) is 6.90. The third-order valence-electron chi connectivity index (χ3n) is 3.47. The maximum Gasteiger partial charge on any atom is 0.319 e. The smallest absolute Gasteiger partial charge is 0.319 e. The van der Waals surface area contributed by atoms with E-state index < -0.39 is 34.5 Å². The maximum atomic E-state index is 13.5. The molecule has 0 aliphatic carbocycles. The molecule has 0 saturated heterocycles. The summed E-state index contributed by atoms with van der Waals surface area (Å²) >= 11 is 1.16. The van der Waals surface area contributed by atoms with E-state index in [-0.39, 0.29) is 12.2 Å². The van der Waals surface area contributed by atoms with Crippen molar-refractivity contribution in [3.63, 3.8) is 0 Å². The largest absolute Gasteiger partial charge is 0.455 e. The van der Waals surface area contributed by atoms with Crippen molar-refractivity contribution in [2.24, 2.45) is 0 Å². The lowest BCUT2D eigenvalue weighted by Gasteiger charge is -2.11. The van der Waals surface area contributed by atoms with Crippen LogP contribution in [0.25, 0.3) is 0 Å². The van der Waals surface area contributed by atoms with E-state index in [1.54, 1.807) is 25.1 Å². The minimum Gasteiger partial charge on any atom is -0.455 e. The van der Waals surface area contributed by atoms with Crippen LogP contribution in [-0.4, -0.2) is 28.7 Å². The quantitative estimate of drug-likeness (QED) is 0.321. The van der Waals surface area contributed by atoms with Crippen LogP contribution in [-0.2, 0) is 20.9 Å². The Balaban J connectivity index is 1.76. The van der Waals surface area contributed by atoms with Crippen LogP contribution in [0.2, 0.25) is 0 Å². The van der Waals surface area contributed by atoms with Crippen molar-refractivity contribution in [1.82, 2.24) is 5.32 Å². The highest BCUT2D eigenvalue weighted by atomic mass is 32.2. The third-order valence-corrected chi connectivity index (χ3v) is 4.56. The van der Waals surface area contributed by atoms with E-state index in [1.165, 1.54) is 30.3 Å². The van der Waals surface area contributed by atoms with Gasteiger partial charge in [0, 0.05) is 29.1 Å². The van der Waals surface area contributed by atoms with Crippen LogP contribution >= 0.6 is 11.8 Å².